The second-order valence-corrected chi connectivity index (χ2v) is 10.9. The summed E-state index contributed by atoms with van der Waals surface area (Å²) in [4.78, 5) is 25.3. The van der Waals surface area contributed by atoms with Crippen LogP contribution < -0.4 is 14.2 Å². The van der Waals surface area contributed by atoms with Crippen molar-refractivity contribution in [2.45, 2.75) is 32.8 Å². The lowest BCUT2D eigenvalue weighted by atomic mass is 10.2. The molecule has 6 rings (SSSR count). The minimum atomic E-state index is 0.208. The molecule has 0 atom stereocenters. The highest BCUT2D eigenvalue weighted by atomic mass is 32.1. The summed E-state index contributed by atoms with van der Waals surface area (Å²) in [7, 11) is 3.19. The first-order chi connectivity index (χ1) is 18.0. The van der Waals surface area contributed by atoms with Gasteiger partial charge in [-0.3, -0.25) is 4.79 Å². The Morgan fingerprint density at radius 2 is 1.89 bits per heavy atom. The first kappa shape index (κ1) is 23.7. The van der Waals surface area contributed by atoms with Crippen LogP contribution in [0.3, 0.4) is 0 Å². The first-order valence-electron chi connectivity index (χ1n) is 11.8. The van der Waals surface area contributed by atoms with Gasteiger partial charge in [-0.15, -0.1) is 16.4 Å². The number of carbonyl (C=O) groups excluding carboxylic acids is 1. The summed E-state index contributed by atoms with van der Waals surface area (Å²) in [6.45, 7) is 4.09. The average Bonchev–Trinajstić information content (AvgIpc) is 3.61. The lowest BCUT2D eigenvalue weighted by molar-refractivity contribution is -0.134. The first-order valence-corrected chi connectivity index (χ1v) is 13.5. The Morgan fingerprint density at radius 3 is 2.62 bits per heavy atom. The third-order valence-corrected chi connectivity index (χ3v) is 8.23. The molecule has 1 aliphatic rings. The maximum Gasteiger partial charge on any atom is 0.294 e. The second kappa shape index (κ2) is 9.63. The van der Waals surface area contributed by atoms with Crippen LogP contribution in [0.1, 0.15) is 28.4 Å². The Hall–Kier alpha value is -3.71. The highest BCUT2D eigenvalue weighted by molar-refractivity contribution is 7.18. The molecule has 1 fully saturated rings. The number of amides is 1. The van der Waals surface area contributed by atoms with Gasteiger partial charge in [-0.05, 0) is 30.7 Å². The summed E-state index contributed by atoms with van der Waals surface area (Å²) in [5.74, 6) is 1.45. The average molecular weight is 540 g/mol. The van der Waals surface area contributed by atoms with E-state index in [1.165, 1.54) is 11.3 Å². The molecule has 6 heterocycles. The van der Waals surface area contributed by atoms with Crippen molar-refractivity contribution >= 4 is 39.1 Å². The lowest BCUT2D eigenvalue weighted by Gasteiger charge is -2.30. The molecule has 5 aromatic heterocycles. The highest BCUT2D eigenvalue weighted by Crippen LogP contribution is 2.31. The van der Waals surface area contributed by atoms with Crippen molar-refractivity contribution in [3.63, 3.8) is 0 Å². The number of hydrogen-bond donors (Lipinski definition) is 0. The fraction of sp³-hybridized carbons (Fsp3) is 0.375. The summed E-state index contributed by atoms with van der Waals surface area (Å²) in [6.07, 6.45) is 5.87. The summed E-state index contributed by atoms with van der Waals surface area (Å²) >= 11 is 2.98. The topological polar surface area (TPSA) is 108 Å². The molecule has 0 spiro atoms. The number of imidazole rings is 1. The zero-order chi connectivity index (χ0) is 25.5. The molecule has 192 valence electrons. The number of thiazole rings is 1. The Kier molecular flexibility index (Phi) is 6.16. The van der Waals surface area contributed by atoms with Crippen molar-refractivity contribution < 1.29 is 19.0 Å². The van der Waals surface area contributed by atoms with E-state index in [0.717, 1.165) is 45.6 Å². The summed E-state index contributed by atoms with van der Waals surface area (Å²) in [5.41, 5.74) is 3.04. The molecule has 0 saturated carbocycles. The predicted octanol–water partition coefficient (Wildman–Crippen LogP) is 3.63. The molecule has 1 amide bonds. The molecule has 13 heteroatoms. The monoisotopic (exact) mass is 539 g/mol. The minimum Gasteiger partial charge on any atom is -0.495 e. The number of fused-ring (bicyclic) bond motifs is 2. The Labute approximate surface area is 220 Å². The number of ether oxygens (including phenoxy) is 3. The quantitative estimate of drug-likeness (QED) is 0.279. The van der Waals surface area contributed by atoms with Gasteiger partial charge < -0.3 is 19.1 Å². The van der Waals surface area contributed by atoms with Gasteiger partial charge in [0.25, 0.3) is 5.19 Å². The van der Waals surface area contributed by atoms with Crippen molar-refractivity contribution in [3.8, 4) is 28.1 Å². The standard InChI is InChI=1S/C24H25N7O4S2/c1-14-18(25-21(36-14)5-6-22(32)29-7-4-8-29)13-35-20-9-15(33-2)11-30-19(20)10-16(27-30)17-12-31-23(26-17)37-24(28-31)34-3/h9-12H,4-8,13H2,1-3H3. The number of carbonyl (C=O) groups is 1. The molecule has 11 nitrogen and oxygen atoms in total. The van der Waals surface area contributed by atoms with Crippen molar-refractivity contribution in [1.29, 1.82) is 0 Å². The van der Waals surface area contributed by atoms with Crippen molar-refractivity contribution in [3.05, 3.63) is 40.1 Å². The molecule has 0 bridgehead atoms. The maximum absolute atomic E-state index is 12.2. The normalized spacial score (nSPS) is 13.3. The van der Waals surface area contributed by atoms with Crippen LogP contribution in [0, 0.1) is 6.92 Å². The van der Waals surface area contributed by atoms with Gasteiger partial charge in [0.05, 0.1) is 37.3 Å². The lowest BCUT2D eigenvalue weighted by Crippen LogP contribution is -2.42. The van der Waals surface area contributed by atoms with Gasteiger partial charge in [-0.1, -0.05) is 0 Å². The fourth-order valence-electron chi connectivity index (χ4n) is 4.09. The molecular formula is C24H25N7O4S2. The predicted molar refractivity (Wildman–Crippen MR) is 139 cm³/mol. The van der Waals surface area contributed by atoms with Crippen LogP contribution in [-0.2, 0) is 17.8 Å². The Bertz CT molecular complexity index is 1570. The van der Waals surface area contributed by atoms with Crippen molar-refractivity contribution in [2.75, 3.05) is 27.3 Å². The van der Waals surface area contributed by atoms with Crippen LogP contribution >= 0.6 is 22.7 Å². The number of methoxy groups -OCH3 is 2. The van der Waals surface area contributed by atoms with Gasteiger partial charge in [-0.2, -0.15) is 5.10 Å². The van der Waals surface area contributed by atoms with Gasteiger partial charge >= 0.3 is 0 Å². The van der Waals surface area contributed by atoms with Crippen LogP contribution in [0.2, 0.25) is 0 Å². The molecule has 5 aromatic rings. The SMILES string of the molecule is COc1cc(OCc2nc(CCC(=O)N3CCC3)sc2C)c2cc(-c3cn4nc(OC)sc4n3)nn2c1. The number of pyridine rings is 1. The van der Waals surface area contributed by atoms with Crippen LogP contribution in [0.25, 0.3) is 21.9 Å². The zero-order valence-electron chi connectivity index (χ0n) is 20.6. The van der Waals surface area contributed by atoms with Crippen molar-refractivity contribution in [1.82, 2.24) is 34.1 Å². The molecule has 37 heavy (non-hydrogen) atoms. The summed E-state index contributed by atoms with van der Waals surface area (Å²) in [5, 5.41) is 10.5. The number of aromatic nitrogens is 6. The number of rotatable bonds is 9. The van der Waals surface area contributed by atoms with Crippen LogP contribution in [-0.4, -0.2) is 67.3 Å². The van der Waals surface area contributed by atoms with E-state index in [-0.39, 0.29) is 5.91 Å². The molecule has 1 saturated heterocycles. The van der Waals surface area contributed by atoms with Gasteiger partial charge in [0.1, 0.15) is 35.0 Å². The fourth-order valence-corrected chi connectivity index (χ4v) is 5.73. The number of hydrogen-bond acceptors (Lipinski definition) is 10. The molecule has 0 radical (unpaired) electrons. The molecule has 1 aliphatic heterocycles. The van der Waals surface area contributed by atoms with Gasteiger partial charge in [0.15, 0.2) is 0 Å². The third-order valence-electron chi connectivity index (χ3n) is 6.27. The number of aryl methyl sites for hydroxylation is 2. The van der Waals surface area contributed by atoms with Crippen LogP contribution in [0.4, 0.5) is 0 Å². The molecular weight excluding hydrogens is 514 g/mol. The molecule has 0 aromatic carbocycles. The van der Waals surface area contributed by atoms with E-state index >= 15 is 0 Å². The number of likely N-dealkylation sites (tertiary alicyclic amines) is 1. The largest absolute Gasteiger partial charge is 0.495 e. The van der Waals surface area contributed by atoms with E-state index in [1.54, 1.807) is 40.8 Å². The maximum atomic E-state index is 12.2. The number of nitrogens with zero attached hydrogens (tertiary/aromatic N) is 7. The summed E-state index contributed by atoms with van der Waals surface area (Å²) < 4.78 is 20.3. The molecule has 0 unspecified atom stereocenters. The van der Waals surface area contributed by atoms with E-state index in [2.05, 4.69) is 10.1 Å². The smallest absolute Gasteiger partial charge is 0.294 e. The van der Waals surface area contributed by atoms with Crippen molar-refractivity contribution in [2.24, 2.45) is 0 Å². The van der Waals surface area contributed by atoms with Gasteiger partial charge in [0, 0.05) is 36.9 Å². The Balaban J connectivity index is 1.21. The van der Waals surface area contributed by atoms with Gasteiger partial charge in [0.2, 0.25) is 10.9 Å². The van der Waals surface area contributed by atoms with Crippen LogP contribution in [0.5, 0.6) is 16.7 Å². The van der Waals surface area contributed by atoms with E-state index < -0.39 is 0 Å². The van der Waals surface area contributed by atoms with Gasteiger partial charge in [-0.25, -0.2) is 19.0 Å². The summed E-state index contributed by atoms with van der Waals surface area (Å²) in [6, 6.07) is 3.77. The minimum absolute atomic E-state index is 0.208. The van der Waals surface area contributed by atoms with E-state index in [9.17, 15) is 4.79 Å². The van der Waals surface area contributed by atoms with Crippen LogP contribution in [0.15, 0.2) is 24.5 Å². The third kappa shape index (κ3) is 4.60. The molecule has 0 N–H and O–H groups in total. The molecule has 0 aliphatic carbocycles. The van der Waals surface area contributed by atoms with E-state index in [1.807, 2.05) is 30.2 Å². The Morgan fingerprint density at radius 1 is 1.03 bits per heavy atom. The van der Waals surface area contributed by atoms with E-state index in [0.29, 0.717) is 47.5 Å². The highest BCUT2D eigenvalue weighted by Gasteiger charge is 2.21. The van der Waals surface area contributed by atoms with E-state index in [4.69, 9.17) is 24.3 Å². The second-order valence-electron chi connectivity index (χ2n) is 8.66. The zero-order valence-corrected chi connectivity index (χ0v) is 22.3.